The fraction of sp³-hybridized carbons (Fsp3) is 0.350. The molecule has 0 aliphatic carbocycles. The number of anilines is 1. The SMILES string of the molecule is CN(C)c1ncc(C(=O)N2CCC[C@H](c3nc(-c4cccs4)cc(=O)[nH]3)C2)cn1. The van der Waals surface area contributed by atoms with Gasteiger partial charge < -0.3 is 14.8 Å². The summed E-state index contributed by atoms with van der Waals surface area (Å²) in [4.78, 5) is 45.7. The van der Waals surface area contributed by atoms with Crippen LogP contribution in [-0.2, 0) is 0 Å². The zero-order valence-corrected chi connectivity index (χ0v) is 17.1. The number of piperidine rings is 1. The lowest BCUT2D eigenvalue weighted by atomic mass is 9.96. The van der Waals surface area contributed by atoms with Crippen molar-refractivity contribution in [2.24, 2.45) is 0 Å². The van der Waals surface area contributed by atoms with Crippen LogP contribution in [0, 0.1) is 0 Å². The van der Waals surface area contributed by atoms with E-state index in [4.69, 9.17) is 0 Å². The summed E-state index contributed by atoms with van der Waals surface area (Å²) in [6.07, 6.45) is 4.84. The lowest BCUT2D eigenvalue weighted by Gasteiger charge is -2.32. The Balaban J connectivity index is 1.54. The van der Waals surface area contributed by atoms with E-state index in [0.717, 1.165) is 17.7 Å². The van der Waals surface area contributed by atoms with Gasteiger partial charge in [0.2, 0.25) is 5.95 Å². The maximum Gasteiger partial charge on any atom is 0.257 e. The number of hydrogen-bond acceptors (Lipinski definition) is 7. The molecule has 1 amide bonds. The molecule has 1 saturated heterocycles. The van der Waals surface area contributed by atoms with Gasteiger partial charge in [0.05, 0.1) is 16.1 Å². The molecule has 0 aromatic carbocycles. The van der Waals surface area contributed by atoms with Crippen LogP contribution in [0.3, 0.4) is 0 Å². The summed E-state index contributed by atoms with van der Waals surface area (Å²) < 4.78 is 0. The molecule has 3 aromatic heterocycles. The summed E-state index contributed by atoms with van der Waals surface area (Å²) in [7, 11) is 3.70. The number of thiophene rings is 1. The molecule has 1 aliphatic rings. The Kier molecular flexibility index (Phi) is 5.39. The number of H-pyrrole nitrogens is 1. The number of amides is 1. The Hall–Kier alpha value is -3.07. The quantitative estimate of drug-likeness (QED) is 0.710. The van der Waals surface area contributed by atoms with Gasteiger partial charge in [0.1, 0.15) is 5.82 Å². The third kappa shape index (κ3) is 4.19. The van der Waals surface area contributed by atoms with E-state index < -0.39 is 0 Å². The first-order chi connectivity index (χ1) is 14.0. The highest BCUT2D eigenvalue weighted by Gasteiger charge is 2.27. The largest absolute Gasteiger partial charge is 0.347 e. The fourth-order valence-corrected chi connectivity index (χ4v) is 4.14. The summed E-state index contributed by atoms with van der Waals surface area (Å²) in [5.41, 5.74) is 0.967. The number of hydrogen-bond donors (Lipinski definition) is 1. The van der Waals surface area contributed by atoms with Gasteiger partial charge in [-0.05, 0) is 24.3 Å². The minimum atomic E-state index is -0.172. The van der Waals surface area contributed by atoms with Gasteiger partial charge in [0.25, 0.3) is 11.5 Å². The fourth-order valence-electron chi connectivity index (χ4n) is 3.45. The van der Waals surface area contributed by atoms with Crippen LogP contribution in [0.1, 0.15) is 34.9 Å². The van der Waals surface area contributed by atoms with Crippen molar-refractivity contribution in [2.45, 2.75) is 18.8 Å². The first-order valence-electron chi connectivity index (χ1n) is 9.45. The van der Waals surface area contributed by atoms with Crippen LogP contribution in [-0.4, -0.2) is 57.9 Å². The predicted octanol–water partition coefficient (Wildman–Crippen LogP) is 2.37. The summed E-state index contributed by atoms with van der Waals surface area (Å²) in [5, 5.41) is 1.96. The second-order valence-corrected chi connectivity index (χ2v) is 8.20. The van der Waals surface area contributed by atoms with Gasteiger partial charge in [-0.3, -0.25) is 9.59 Å². The second-order valence-electron chi connectivity index (χ2n) is 7.25. The predicted molar refractivity (Wildman–Crippen MR) is 112 cm³/mol. The molecule has 0 radical (unpaired) electrons. The Bertz CT molecular complexity index is 1050. The van der Waals surface area contributed by atoms with Gasteiger partial charge in [-0.25, -0.2) is 15.0 Å². The van der Waals surface area contributed by atoms with E-state index in [1.165, 1.54) is 6.07 Å². The summed E-state index contributed by atoms with van der Waals surface area (Å²) >= 11 is 1.55. The van der Waals surface area contributed by atoms with Gasteiger partial charge in [-0.1, -0.05) is 6.07 Å². The molecule has 4 heterocycles. The summed E-state index contributed by atoms with van der Waals surface area (Å²) in [5.74, 6) is 1.09. The minimum Gasteiger partial charge on any atom is -0.347 e. The number of carbonyl (C=O) groups excluding carboxylic acids is 1. The molecule has 29 heavy (non-hydrogen) atoms. The van der Waals surface area contributed by atoms with Crippen molar-refractivity contribution in [3.63, 3.8) is 0 Å². The maximum absolute atomic E-state index is 12.9. The number of nitrogens with one attached hydrogen (secondary N) is 1. The van der Waals surface area contributed by atoms with Crippen molar-refractivity contribution in [3.05, 3.63) is 57.7 Å². The average molecular weight is 411 g/mol. The number of nitrogens with zero attached hydrogens (tertiary/aromatic N) is 5. The van der Waals surface area contributed by atoms with E-state index in [1.807, 2.05) is 31.6 Å². The summed E-state index contributed by atoms with van der Waals surface area (Å²) in [6, 6.07) is 5.40. The van der Waals surface area contributed by atoms with Crippen LogP contribution in [0.15, 0.2) is 40.8 Å². The van der Waals surface area contributed by atoms with Crippen molar-refractivity contribution < 1.29 is 4.79 Å². The van der Waals surface area contributed by atoms with Crippen LogP contribution in [0.5, 0.6) is 0 Å². The smallest absolute Gasteiger partial charge is 0.257 e. The highest BCUT2D eigenvalue weighted by atomic mass is 32.1. The number of aromatic amines is 1. The molecule has 0 bridgehead atoms. The van der Waals surface area contributed by atoms with Crippen LogP contribution in [0.2, 0.25) is 0 Å². The molecule has 8 nitrogen and oxygen atoms in total. The zero-order valence-electron chi connectivity index (χ0n) is 16.3. The topological polar surface area (TPSA) is 95.1 Å². The number of carbonyl (C=O) groups is 1. The number of aromatic nitrogens is 4. The standard InChI is InChI=1S/C20H22N6O2S/c1-25(2)20-21-10-14(11-22-20)19(28)26-7-3-5-13(12-26)18-23-15(9-17(27)24-18)16-6-4-8-29-16/h4,6,8-11,13H,3,5,7,12H2,1-2H3,(H,23,24,27)/t13-/m0/s1. The van der Waals surface area contributed by atoms with Crippen molar-refractivity contribution in [2.75, 3.05) is 32.1 Å². The van der Waals surface area contributed by atoms with Crippen LogP contribution in [0.4, 0.5) is 5.95 Å². The lowest BCUT2D eigenvalue weighted by molar-refractivity contribution is 0.0703. The molecule has 1 atom stereocenters. The normalized spacial score (nSPS) is 16.6. The molecule has 1 N–H and O–H groups in total. The minimum absolute atomic E-state index is 0.0118. The zero-order chi connectivity index (χ0) is 20.4. The van der Waals surface area contributed by atoms with E-state index in [0.29, 0.717) is 36.1 Å². The van der Waals surface area contributed by atoms with E-state index in [9.17, 15) is 9.59 Å². The number of rotatable bonds is 4. The number of likely N-dealkylation sites (tertiary alicyclic amines) is 1. The molecule has 3 aromatic rings. The first-order valence-corrected chi connectivity index (χ1v) is 10.3. The van der Waals surface area contributed by atoms with Crippen LogP contribution in [0.25, 0.3) is 10.6 Å². The monoisotopic (exact) mass is 410 g/mol. The lowest BCUT2D eigenvalue weighted by Crippen LogP contribution is -2.40. The molecule has 4 rings (SSSR count). The van der Waals surface area contributed by atoms with E-state index in [2.05, 4.69) is 19.9 Å². The Labute approximate surface area is 172 Å². The Morgan fingerprint density at radius 2 is 2.10 bits per heavy atom. The molecule has 150 valence electrons. The highest BCUT2D eigenvalue weighted by Crippen LogP contribution is 2.27. The third-order valence-corrected chi connectivity index (χ3v) is 5.81. The van der Waals surface area contributed by atoms with Gasteiger partial charge in [-0.2, -0.15) is 0 Å². The Morgan fingerprint density at radius 3 is 2.79 bits per heavy atom. The van der Waals surface area contributed by atoms with Gasteiger partial charge in [0.15, 0.2) is 0 Å². The third-order valence-electron chi connectivity index (χ3n) is 4.91. The Morgan fingerprint density at radius 1 is 1.31 bits per heavy atom. The van der Waals surface area contributed by atoms with Gasteiger partial charge >= 0.3 is 0 Å². The highest BCUT2D eigenvalue weighted by molar-refractivity contribution is 7.13. The molecule has 1 aliphatic heterocycles. The molecular weight excluding hydrogens is 388 g/mol. The summed E-state index contributed by atoms with van der Waals surface area (Å²) in [6.45, 7) is 1.17. The van der Waals surface area contributed by atoms with Crippen LogP contribution >= 0.6 is 11.3 Å². The maximum atomic E-state index is 12.9. The van der Waals surface area contributed by atoms with Crippen molar-refractivity contribution >= 4 is 23.2 Å². The molecule has 9 heteroatoms. The molecule has 1 fully saturated rings. The second kappa shape index (κ2) is 8.12. The average Bonchev–Trinajstić information content (AvgIpc) is 3.28. The molecular formula is C20H22N6O2S. The van der Waals surface area contributed by atoms with Gasteiger partial charge in [-0.15, -0.1) is 11.3 Å². The van der Waals surface area contributed by atoms with E-state index >= 15 is 0 Å². The van der Waals surface area contributed by atoms with Gasteiger partial charge in [0, 0.05) is 51.6 Å². The molecule has 0 saturated carbocycles. The van der Waals surface area contributed by atoms with Crippen molar-refractivity contribution in [1.29, 1.82) is 0 Å². The van der Waals surface area contributed by atoms with Crippen LogP contribution < -0.4 is 10.5 Å². The van der Waals surface area contributed by atoms with Crippen molar-refractivity contribution in [1.82, 2.24) is 24.8 Å². The van der Waals surface area contributed by atoms with E-state index in [1.54, 1.807) is 33.5 Å². The first kappa shape index (κ1) is 19.3. The van der Waals surface area contributed by atoms with Crippen molar-refractivity contribution in [3.8, 4) is 10.6 Å². The van der Waals surface area contributed by atoms with E-state index in [-0.39, 0.29) is 17.4 Å². The molecule has 0 unspecified atom stereocenters. The molecule has 0 spiro atoms.